The predicted molar refractivity (Wildman–Crippen MR) is 119 cm³/mol. The molecule has 9 heteroatoms. The Labute approximate surface area is 196 Å². The van der Waals surface area contributed by atoms with Crippen molar-refractivity contribution in [2.24, 2.45) is 10.8 Å². The molecule has 0 radical (unpaired) electrons. The second-order valence-electron chi connectivity index (χ2n) is 11.2. The van der Waals surface area contributed by atoms with E-state index in [0.29, 0.717) is 30.9 Å². The van der Waals surface area contributed by atoms with Crippen LogP contribution in [0.25, 0.3) is 0 Å². The zero-order valence-corrected chi connectivity index (χ0v) is 19.7. The highest BCUT2D eigenvalue weighted by atomic mass is 19.4. The first-order valence-corrected chi connectivity index (χ1v) is 11.7. The molecule has 182 valence electrons. The Morgan fingerprint density at radius 3 is 2.50 bits per heavy atom. The molecule has 1 aromatic heterocycles. The number of hydrogen-bond acceptors (Lipinski definition) is 3. The number of amides is 2. The normalized spacial score (nSPS) is 26.1. The number of alkyl halides is 3. The van der Waals surface area contributed by atoms with Crippen LogP contribution >= 0.6 is 0 Å². The first-order chi connectivity index (χ1) is 15.8. The average molecular weight is 475 g/mol. The van der Waals surface area contributed by atoms with E-state index in [1.807, 2.05) is 4.90 Å². The van der Waals surface area contributed by atoms with Gasteiger partial charge in [-0.25, -0.2) is 0 Å². The van der Waals surface area contributed by atoms with E-state index in [2.05, 4.69) is 25.9 Å². The predicted octanol–water partition coefficient (Wildman–Crippen LogP) is 4.60. The topological polar surface area (TPSA) is 58.4 Å². The van der Waals surface area contributed by atoms with Crippen LogP contribution in [0.2, 0.25) is 0 Å². The standard InChI is InChI=1S/C25H29F3N4O2/c1-23(2)11-18-12-24(3,14-23)15-31(18)21(33)19-10-20-22(34)30(8-9-32(20)29-19)13-16-4-6-17(7-5-16)25(26,27)28/h4-7,10,18H,8-9,11-15H2,1-3H3. The van der Waals surface area contributed by atoms with Gasteiger partial charge in [0.1, 0.15) is 5.69 Å². The van der Waals surface area contributed by atoms with Gasteiger partial charge in [0.2, 0.25) is 0 Å². The molecule has 3 aliphatic rings. The summed E-state index contributed by atoms with van der Waals surface area (Å²) in [5.41, 5.74) is 0.825. The summed E-state index contributed by atoms with van der Waals surface area (Å²) in [4.78, 5) is 30.0. The van der Waals surface area contributed by atoms with Gasteiger partial charge in [-0.3, -0.25) is 14.3 Å². The lowest BCUT2D eigenvalue weighted by Crippen LogP contribution is -2.39. The molecule has 34 heavy (non-hydrogen) atoms. The number of likely N-dealkylation sites (tertiary alicyclic amines) is 1. The third-order valence-corrected chi connectivity index (χ3v) is 7.42. The lowest BCUT2D eigenvalue weighted by atomic mass is 9.65. The summed E-state index contributed by atoms with van der Waals surface area (Å²) < 4.78 is 40.0. The molecule has 2 unspecified atom stereocenters. The van der Waals surface area contributed by atoms with E-state index >= 15 is 0 Å². The molecule has 1 aliphatic carbocycles. The van der Waals surface area contributed by atoms with Crippen molar-refractivity contribution in [1.82, 2.24) is 19.6 Å². The average Bonchev–Trinajstić information content (AvgIpc) is 3.27. The Bertz CT molecular complexity index is 1140. The largest absolute Gasteiger partial charge is 0.416 e. The van der Waals surface area contributed by atoms with Crippen LogP contribution in [0.15, 0.2) is 30.3 Å². The lowest BCUT2D eigenvalue weighted by Gasteiger charge is -2.39. The fraction of sp³-hybridized carbons (Fsp3) is 0.560. The van der Waals surface area contributed by atoms with E-state index in [1.54, 1.807) is 15.6 Å². The molecule has 2 aliphatic heterocycles. The van der Waals surface area contributed by atoms with Gasteiger partial charge in [0, 0.05) is 31.7 Å². The minimum absolute atomic E-state index is 0.107. The van der Waals surface area contributed by atoms with Crippen LogP contribution in [0.3, 0.4) is 0 Å². The van der Waals surface area contributed by atoms with Gasteiger partial charge < -0.3 is 9.80 Å². The van der Waals surface area contributed by atoms with Crippen LogP contribution in [0.1, 0.15) is 72.1 Å². The fourth-order valence-electron chi connectivity index (χ4n) is 6.36. The zero-order chi connectivity index (χ0) is 24.5. The van der Waals surface area contributed by atoms with Gasteiger partial charge >= 0.3 is 6.18 Å². The Morgan fingerprint density at radius 1 is 1.12 bits per heavy atom. The smallest absolute Gasteiger partial charge is 0.334 e. The molecule has 1 saturated carbocycles. The molecule has 2 aromatic rings. The van der Waals surface area contributed by atoms with Crippen molar-refractivity contribution in [2.45, 2.75) is 65.3 Å². The lowest BCUT2D eigenvalue weighted by molar-refractivity contribution is -0.137. The van der Waals surface area contributed by atoms with Crippen LogP contribution < -0.4 is 0 Å². The Balaban J connectivity index is 1.31. The van der Waals surface area contributed by atoms with Crippen molar-refractivity contribution in [2.75, 3.05) is 13.1 Å². The van der Waals surface area contributed by atoms with Crippen LogP contribution in [0.5, 0.6) is 0 Å². The number of nitrogens with zero attached hydrogens (tertiary/aromatic N) is 4. The fourth-order valence-corrected chi connectivity index (χ4v) is 6.36. The third kappa shape index (κ3) is 4.09. The number of hydrogen-bond donors (Lipinski definition) is 0. The van der Waals surface area contributed by atoms with Crippen LogP contribution in [0.4, 0.5) is 13.2 Å². The number of carbonyl (C=O) groups is 2. The highest BCUT2D eigenvalue weighted by Crippen LogP contribution is 2.52. The van der Waals surface area contributed by atoms with Crippen molar-refractivity contribution in [3.05, 3.63) is 52.8 Å². The van der Waals surface area contributed by atoms with Gasteiger partial charge in [-0.15, -0.1) is 0 Å². The molecule has 2 amide bonds. The van der Waals surface area contributed by atoms with E-state index < -0.39 is 11.7 Å². The van der Waals surface area contributed by atoms with E-state index in [1.165, 1.54) is 12.1 Å². The summed E-state index contributed by atoms with van der Waals surface area (Å²) in [7, 11) is 0. The molecule has 3 heterocycles. The van der Waals surface area contributed by atoms with Crippen molar-refractivity contribution < 1.29 is 22.8 Å². The first kappa shape index (κ1) is 22.9. The van der Waals surface area contributed by atoms with Crippen LogP contribution in [0, 0.1) is 10.8 Å². The Morgan fingerprint density at radius 2 is 1.82 bits per heavy atom. The van der Waals surface area contributed by atoms with Crippen molar-refractivity contribution in [3.8, 4) is 0 Å². The van der Waals surface area contributed by atoms with Crippen LogP contribution in [-0.2, 0) is 19.3 Å². The van der Waals surface area contributed by atoms with Gasteiger partial charge in [0.15, 0.2) is 5.69 Å². The summed E-state index contributed by atoms with van der Waals surface area (Å²) >= 11 is 0. The Kier molecular flexibility index (Phi) is 5.11. The molecular weight excluding hydrogens is 445 g/mol. The van der Waals surface area contributed by atoms with Gasteiger partial charge in [-0.05, 0) is 47.8 Å². The zero-order valence-electron chi connectivity index (χ0n) is 19.7. The minimum Gasteiger partial charge on any atom is -0.334 e. The molecule has 0 N–H and O–H groups in total. The molecular formula is C25H29F3N4O2. The molecule has 0 spiro atoms. The van der Waals surface area contributed by atoms with Gasteiger partial charge in [-0.1, -0.05) is 32.9 Å². The SMILES string of the molecule is CC1(C)CC2CC(C)(CN2C(=O)c2cc3n(n2)CCN(Cc2ccc(C(F)(F)F)cc2)C3=O)C1. The number of benzene rings is 1. The second-order valence-corrected chi connectivity index (χ2v) is 11.2. The number of carbonyl (C=O) groups excluding carboxylic acids is 2. The van der Waals surface area contributed by atoms with Crippen LogP contribution in [-0.4, -0.2) is 50.5 Å². The maximum atomic E-state index is 13.4. The monoisotopic (exact) mass is 474 g/mol. The third-order valence-electron chi connectivity index (χ3n) is 7.42. The van der Waals surface area contributed by atoms with E-state index in [-0.39, 0.29) is 40.9 Å². The van der Waals surface area contributed by atoms with Gasteiger partial charge in [-0.2, -0.15) is 18.3 Å². The molecule has 2 bridgehead atoms. The summed E-state index contributed by atoms with van der Waals surface area (Å²) in [5, 5.41) is 4.45. The minimum atomic E-state index is -4.39. The summed E-state index contributed by atoms with van der Waals surface area (Å²) in [6.07, 6.45) is -1.36. The van der Waals surface area contributed by atoms with Crippen molar-refractivity contribution in [1.29, 1.82) is 0 Å². The van der Waals surface area contributed by atoms with Crippen molar-refractivity contribution >= 4 is 11.8 Å². The molecule has 2 atom stereocenters. The highest BCUT2D eigenvalue weighted by molar-refractivity contribution is 5.98. The van der Waals surface area contributed by atoms with Crippen molar-refractivity contribution in [3.63, 3.8) is 0 Å². The summed E-state index contributed by atoms with van der Waals surface area (Å²) in [6, 6.07) is 6.60. The number of rotatable bonds is 3. The molecule has 5 rings (SSSR count). The highest BCUT2D eigenvalue weighted by Gasteiger charge is 2.51. The first-order valence-electron chi connectivity index (χ1n) is 11.7. The van der Waals surface area contributed by atoms with E-state index in [4.69, 9.17) is 0 Å². The van der Waals surface area contributed by atoms with E-state index in [0.717, 1.165) is 31.4 Å². The molecule has 2 fully saturated rings. The summed E-state index contributed by atoms with van der Waals surface area (Å²) in [5.74, 6) is -0.402. The molecule has 1 saturated heterocycles. The van der Waals surface area contributed by atoms with E-state index in [9.17, 15) is 22.8 Å². The summed E-state index contributed by atoms with van der Waals surface area (Å²) in [6.45, 7) is 8.47. The molecule has 1 aromatic carbocycles. The quantitative estimate of drug-likeness (QED) is 0.654. The maximum Gasteiger partial charge on any atom is 0.416 e. The van der Waals surface area contributed by atoms with Gasteiger partial charge in [0.05, 0.1) is 12.1 Å². The van der Waals surface area contributed by atoms with Gasteiger partial charge in [0.25, 0.3) is 11.8 Å². The Hall–Kier alpha value is -2.84. The number of fused-ring (bicyclic) bond motifs is 3. The second kappa shape index (κ2) is 7.58. The number of halogens is 3. The molecule has 6 nitrogen and oxygen atoms in total. The maximum absolute atomic E-state index is 13.4. The number of aromatic nitrogens is 2.